The zero-order valence-corrected chi connectivity index (χ0v) is 14.3. The van der Waals surface area contributed by atoms with Crippen LogP contribution < -0.4 is 5.11 Å². The quantitative estimate of drug-likeness (QED) is 0.771. The minimum absolute atomic E-state index is 0.00363. The molecule has 7 heteroatoms. The van der Waals surface area contributed by atoms with Gasteiger partial charge in [0.25, 0.3) is 11.1 Å². The van der Waals surface area contributed by atoms with Crippen LogP contribution in [0.1, 0.15) is 21.5 Å². The molecule has 0 saturated carbocycles. The number of carbonyl (C=O) groups is 3. The smallest absolute Gasteiger partial charge is 0.293 e. The summed E-state index contributed by atoms with van der Waals surface area (Å²) in [6.45, 7) is -0.00829. The maximum Gasteiger partial charge on any atom is 0.293 e. The monoisotopic (exact) mass is 372 g/mol. The van der Waals surface area contributed by atoms with Crippen LogP contribution in [0.25, 0.3) is 6.08 Å². The highest BCUT2D eigenvalue weighted by Crippen LogP contribution is 2.34. The molecule has 0 aliphatic carbocycles. The molecule has 0 unspecified atom stereocenters. The van der Waals surface area contributed by atoms with Crippen LogP contribution in [0.2, 0.25) is 5.02 Å². The van der Waals surface area contributed by atoms with Crippen molar-refractivity contribution in [1.82, 2.24) is 4.90 Å². The van der Waals surface area contributed by atoms with Crippen molar-refractivity contribution in [3.63, 3.8) is 0 Å². The Balaban J connectivity index is 1.84. The molecule has 1 aliphatic heterocycles. The first kappa shape index (κ1) is 17.3. The summed E-state index contributed by atoms with van der Waals surface area (Å²) in [6.07, 6.45) is 1.57. The minimum Gasteiger partial charge on any atom is -0.545 e. The van der Waals surface area contributed by atoms with Gasteiger partial charge in [0, 0.05) is 5.02 Å². The van der Waals surface area contributed by atoms with E-state index in [0.29, 0.717) is 16.1 Å². The Kier molecular flexibility index (Phi) is 4.92. The number of rotatable bonds is 4. The Labute approximate surface area is 152 Å². The lowest BCUT2D eigenvalue weighted by Crippen LogP contribution is -2.28. The molecular weight excluding hydrogens is 362 g/mol. The predicted molar refractivity (Wildman–Crippen MR) is 93.7 cm³/mol. The zero-order chi connectivity index (χ0) is 18.0. The third-order valence-electron chi connectivity index (χ3n) is 3.57. The minimum atomic E-state index is -1.31. The molecule has 25 heavy (non-hydrogen) atoms. The topological polar surface area (TPSA) is 77.5 Å². The second kappa shape index (κ2) is 7.13. The van der Waals surface area contributed by atoms with Gasteiger partial charge in [0.05, 0.1) is 17.4 Å². The summed E-state index contributed by atoms with van der Waals surface area (Å²) >= 11 is 6.90. The fourth-order valence-electron chi connectivity index (χ4n) is 2.35. The van der Waals surface area contributed by atoms with Gasteiger partial charge < -0.3 is 9.90 Å². The van der Waals surface area contributed by atoms with Crippen LogP contribution >= 0.6 is 23.4 Å². The molecule has 0 radical (unpaired) electrons. The number of carboxylic acids is 1. The van der Waals surface area contributed by atoms with Gasteiger partial charge in [0.2, 0.25) is 0 Å². The fourth-order valence-corrected chi connectivity index (χ4v) is 3.37. The lowest BCUT2D eigenvalue weighted by Gasteiger charge is -2.13. The standard InChI is InChI=1S/C18H12ClNO4S/c19-14-7-2-1-5-12(14)9-15-16(21)20(18(24)25-15)10-11-4-3-6-13(8-11)17(22)23/h1-9H,10H2,(H,22,23)/p-1/b15-9+. The van der Waals surface area contributed by atoms with Gasteiger partial charge in [-0.1, -0.05) is 48.0 Å². The summed E-state index contributed by atoms with van der Waals surface area (Å²) in [5, 5.41) is 11.0. The fraction of sp³-hybridized carbons (Fsp3) is 0.0556. The van der Waals surface area contributed by atoms with Gasteiger partial charge in [-0.3, -0.25) is 14.5 Å². The summed E-state index contributed by atoms with van der Waals surface area (Å²) < 4.78 is 0. The van der Waals surface area contributed by atoms with Gasteiger partial charge in [-0.2, -0.15) is 0 Å². The molecule has 5 nitrogen and oxygen atoms in total. The van der Waals surface area contributed by atoms with Crippen molar-refractivity contribution < 1.29 is 19.5 Å². The van der Waals surface area contributed by atoms with Crippen molar-refractivity contribution in [1.29, 1.82) is 0 Å². The van der Waals surface area contributed by atoms with Crippen molar-refractivity contribution in [2.75, 3.05) is 0 Å². The van der Waals surface area contributed by atoms with E-state index in [4.69, 9.17) is 11.6 Å². The van der Waals surface area contributed by atoms with Gasteiger partial charge in [0.15, 0.2) is 0 Å². The SMILES string of the molecule is O=C([O-])c1cccc(CN2C(=O)S/C(=C/c3ccccc3Cl)C2=O)c1. The maximum atomic E-state index is 12.5. The molecule has 0 N–H and O–H groups in total. The zero-order valence-electron chi connectivity index (χ0n) is 12.8. The second-order valence-corrected chi connectivity index (χ2v) is 6.68. The first-order valence-corrected chi connectivity index (χ1v) is 8.45. The van der Waals surface area contributed by atoms with E-state index in [1.807, 2.05) is 0 Å². The lowest BCUT2D eigenvalue weighted by molar-refractivity contribution is -0.255. The summed E-state index contributed by atoms with van der Waals surface area (Å²) in [6, 6.07) is 13.0. The van der Waals surface area contributed by atoms with E-state index in [0.717, 1.165) is 16.7 Å². The number of hydrogen-bond acceptors (Lipinski definition) is 5. The van der Waals surface area contributed by atoms with Gasteiger partial charge in [-0.25, -0.2) is 0 Å². The van der Waals surface area contributed by atoms with E-state index in [2.05, 4.69) is 0 Å². The largest absolute Gasteiger partial charge is 0.545 e. The van der Waals surface area contributed by atoms with Crippen LogP contribution in [0.5, 0.6) is 0 Å². The Morgan fingerprint density at radius 1 is 1.16 bits per heavy atom. The van der Waals surface area contributed by atoms with Crippen molar-refractivity contribution >= 4 is 46.6 Å². The first-order valence-electron chi connectivity index (χ1n) is 7.26. The molecule has 126 valence electrons. The molecular formula is C18H11ClNO4S-. The third-order valence-corrected chi connectivity index (χ3v) is 4.82. The first-order chi connectivity index (χ1) is 12.0. The summed E-state index contributed by atoms with van der Waals surface area (Å²) in [5.74, 6) is -1.75. The molecule has 0 aromatic heterocycles. The molecule has 1 aliphatic rings. The van der Waals surface area contributed by atoms with Gasteiger partial charge in [-0.05, 0) is 46.7 Å². The van der Waals surface area contributed by atoms with E-state index in [1.165, 1.54) is 12.1 Å². The molecule has 1 fully saturated rings. The average Bonchev–Trinajstić information content (AvgIpc) is 2.85. The molecule has 2 amide bonds. The predicted octanol–water partition coefficient (Wildman–Crippen LogP) is 2.94. The Hall–Kier alpha value is -2.57. The van der Waals surface area contributed by atoms with Gasteiger partial charge in [0.1, 0.15) is 0 Å². The van der Waals surface area contributed by atoms with E-state index in [-0.39, 0.29) is 17.0 Å². The van der Waals surface area contributed by atoms with Crippen molar-refractivity contribution in [3.8, 4) is 0 Å². The summed E-state index contributed by atoms with van der Waals surface area (Å²) in [4.78, 5) is 36.9. The third kappa shape index (κ3) is 3.75. The molecule has 0 bridgehead atoms. The Morgan fingerprint density at radius 2 is 1.92 bits per heavy atom. The molecule has 0 atom stereocenters. The van der Waals surface area contributed by atoms with E-state index >= 15 is 0 Å². The summed E-state index contributed by atoms with van der Waals surface area (Å²) in [7, 11) is 0. The average molecular weight is 373 g/mol. The molecule has 2 aromatic rings. The van der Waals surface area contributed by atoms with E-state index < -0.39 is 17.1 Å². The number of nitrogens with zero attached hydrogens (tertiary/aromatic N) is 1. The van der Waals surface area contributed by atoms with E-state index in [9.17, 15) is 19.5 Å². The van der Waals surface area contributed by atoms with Crippen molar-refractivity contribution in [3.05, 3.63) is 75.1 Å². The summed E-state index contributed by atoms with van der Waals surface area (Å²) in [5.41, 5.74) is 1.17. The molecule has 2 aromatic carbocycles. The van der Waals surface area contributed by atoms with E-state index in [1.54, 1.807) is 42.5 Å². The number of halogens is 1. The van der Waals surface area contributed by atoms with Crippen molar-refractivity contribution in [2.24, 2.45) is 0 Å². The van der Waals surface area contributed by atoms with Crippen LogP contribution in [0.4, 0.5) is 4.79 Å². The molecule has 0 spiro atoms. The van der Waals surface area contributed by atoms with Crippen molar-refractivity contribution in [2.45, 2.75) is 6.54 Å². The number of thioether (sulfide) groups is 1. The number of aromatic carboxylic acids is 1. The van der Waals surface area contributed by atoms with Crippen LogP contribution in [-0.2, 0) is 11.3 Å². The normalized spacial score (nSPS) is 15.9. The number of hydrogen-bond donors (Lipinski definition) is 0. The number of benzene rings is 2. The molecule has 1 heterocycles. The highest BCUT2D eigenvalue weighted by molar-refractivity contribution is 8.18. The molecule has 1 saturated heterocycles. The highest BCUT2D eigenvalue weighted by atomic mass is 35.5. The van der Waals surface area contributed by atoms with Gasteiger partial charge >= 0.3 is 0 Å². The highest BCUT2D eigenvalue weighted by Gasteiger charge is 2.35. The van der Waals surface area contributed by atoms with Crippen LogP contribution in [-0.4, -0.2) is 22.0 Å². The Bertz CT molecular complexity index is 909. The number of amides is 2. The lowest BCUT2D eigenvalue weighted by atomic mass is 10.1. The number of carboxylic acid groups (broad SMARTS) is 1. The second-order valence-electron chi connectivity index (χ2n) is 5.28. The maximum absolute atomic E-state index is 12.5. The van der Waals surface area contributed by atoms with Gasteiger partial charge in [-0.15, -0.1) is 0 Å². The number of imide groups is 1. The molecule has 3 rings (SSSR count). The van der Waals surface area contributed by atoms with Crippen LogP contribution in [0.3, 0.4) is 0 Å². The Morgan fingerprint density at radius 3 is 2.64 bits per heavy atom. The van der Waals surface area contributed by atoms with Crippen LogP contribution in [0.15, 0.2) is 53.4 Å². The number of carbonyl (C=O) groups excluding carboxylic acids is 3. The van der Waals surface area contributed by atoms with Crippen LogP contribution in [0, 0.1) is 0 Å².